The van der Waals surface area contributed by atoms with Crippen molar-refractivity contribution in [3.05, 3.63) is 89.2 Å². The van der Waals surface area contributed by atoms with E-state index < -0.39 is 30.1 Å². The first-order valence-corrected chi connectivity index (χ1v) is 15.1. The van der Waals surface area contributed by atoms with Crippen molar-refractivity contribution in [1.82, 2.24) is 21.3 Å². The van der Waals surface area contributed by atoms with E-state index in [1.54, 1.807) is 31.9 Å². The molecule has 0 spiro atoms. The van der Waals surface area contributed by atoms with Gasteiger partial charge in [-0.15, -0.1) is 0 Å². The first-order chi connectivity index (χ1) is 21.5. The highest BCUT2D eigenvalue weighted by Crippen LogP contribution is 2.31. The van der Waals surface area contributed by atoms with Gasteiger partial charge in [0.15, 0.2) is 0 Å². The minimum absolute atomic E-state index is 0.0398. The molecule has 0 fully saturated rings. The number of benzene rings is 3. The van der Waals surface area contributed by atoms with E-state index in [4.69, 9.17) is 5.11 Å². The zero-order chi connectivity index (χ0) is 32.6. The molecule has 6 N–H and O–H groups in total. The molecule has 2 atom stereocenters. The van der Waals surface area contributed by atoms with Crippen LogP contribution in [0.1, 0.15) is 43.4 Å². The number of hydrogen-bond acceptors (Lipinski definition) is 6. The van der Waals surface area contributed by atoms with Crippen molar-refractivity contribution < 1.29 is 29.0 Å². The summed E-state index contributed by atoms with van der Waals surface area (Å²) >= 11 is 0. The second-order valence-electron chi connectivity index (χ2n) is 11.9. The third-order valence-electron chi connectivity index (χ3n) is 7.85. The van der Waals surface area contributed by atoms with E-state index in [1.807, 2.05) is 48.5 Å². The second-order valence-corrected chi connectivity index (χ2v) is 11.9. The number of aryl methyl sites for hydroxylation is 1. The zero-order valence-electron chi connectivity index (χ0n) is 25.9. The van der Waals surface area contributed by atoms with Gasteiger partial charge in [0.05, 0.1) is 19.3 Å². The molecule has 240 valence electrons. The fourth-order valence-electron chi connectivity index (χ4n) is 5.40. The molecular formula is C34H42FN5O5. The number of aliphatic hydroxyl groups is 2. The van der Waals surface area contributed by atoms with E-state index in [0.717, 1.165) is 22.3 Å². The van der Waals surface area contributed by atoms with Crippen molar-refractivity contribution in [3.8, 4) is 11.1 Å². The molecule has 0 unspecified atom stereocenters. The minimum atomic E-state index is -0.946. The summed E-state index contributed by atoms with van der Waals surface area (Å²) in [5, 5.41) is 30.1. The third-order valence-corrected chi connectivity index (χ3v) is 7.85. The van der Waals surface area contributed by atoms with E-state index in [0.29, 0.717) is 30.6 Å². The number of carbonyl (C=O) groups excluding carboxylic acids is 3. The molecule has 0 aromatic heterocycles. The van der Waals surface area contributed by atoms with Gasteiger partial charge in [0, 0.05) is 37.8 Å². The largest absolute Gasteiger partial charge is 0.394 e. The Labute approximate surface area is 263 Å². The summed E-state index contributed by atoms with van der Waals surface area (Å²) in [6.45, 7) is 3.91. The van der Waals surface area contributed by atoms with Crippen LogP contribution >= 0.6 is 0 Å². The van der Waals surface area contributed by atoms with Crippen LogP contribution in [-0.4, -0.2) is 65.9 Å². The molecule has 0 radical (unpaired) electrons. The Hall–Kier alpha value is -4.32. The van der Waals surface area contributed by atoms with Gasteiger partial charge in [-0.05, 0) is 72.7 Å². The monoisotopic (exact) mass is 619 g/mol. The average Bonchev–Trinajstić information content (AvgIpc) is 3.14. The fraction of sp³-hybridized carbons (Fsp3) is 0.382. The molecular weight excluding hydrogens is 577 g/mol. The van der Waals surface area contributed by atoms with Gasteiger partial charge in [0.2, 0.25) is 11.8 Å². The van der Waals surface area contributed by atoms with E-state index >= 15 is 0 Å². The minimum Gasteiger partial charge on any atom is -0.394 e. The Kier molecular flexibility index (Phi) is 11.3. The quantitative estimate of drug-likeness (QED) is 0.184. The SMILES string of the molecule is CNC(=O)NCc1ccccc1-c1ccc(CN2C(=O)[C@H](NC(=O)CC(C)(C)NC[C@H](O)CO)CCc3cc(F)ccc32)cc1. The maximum atomic E-state index is 14.2. The summed E-state index contributed by atoms with van der Waals surface area (Å²) in [4.78, 5) is 40.3. The molecule has 4 amide bonds. The number of rotatable bonds is 12. The van der Waals surface area contributed by atoms with Crippen molar-refractivity contribution >= 4 is 23.5 Å². The van der Waals surface area contributed by atoms with E-state index in [9.17, 15) is 23.9 Å². The van der Waals surface area contributed by atoms with Crippen LogP contribution in [0.4, 0.5) is 14.9 Å². The highest BCUT2D eigenvalue weighted by atomic mass is 19.1. The number of β-amino-alcohol motifs (C(OH)–C–C–N with tert-alkyl or cyclic N) is 1. The van der Waals surface area contributed by atoms with Gasteiger partial charge >= 0.3 is 6.03 Å². The van der Waals surface area contributed by atoms with Crippen molar-refractivity contribution in [1.29, 1.82) is 0 Å². The van der Waals surface area contributed by atoms with Crippen LogP contribution in [-0.2, 0) is 29.1 Å². The van der Waals surface area contributed by atoms with Gasteiger partial charge in [0.25, 0.3) is 0 Å². The van der Waals surface area contributed by atoms with Gasteiger partial charge in [-0.3, -0.25) is 9.59 Å². The van der Waals surface area contributed by atoms with Gasteiger partial charge in [0.1, 0.15) is 11.9 Å². The van der Waals surface area contributed by atoms with E-state index in [-0.39, 0.29) is 37.4 Å². The molecule has 1 aliphatic heterocycles. The molecule has 0 aliphatic carbocycles. The molecule has 4 rings (SSSR count). The summed E-state index contributed by atoms with van der Waals surface area (Å²) in [6.07, 6.45) is -0.185. The van der Waals surface area contributed by atoms with Crippen LogP contribution < -0.4 is 26.2 Å². The van der Waals surface area contributed by atoms with Gasteiger partial charge in [-0.25, -0.2) is 9.18 Å². The molecule has 10 nitrogen and oxygen atoms in total. The van der Waals surface area contributed by atoms with Gasteiger partial charge in [-0.2, -0.15) is 0 Å². The van der Waals surface area contributed by atoms with Crippen LogP contribution in [0.3, 0.4) is 0 Å². The Morgan fingerprint density at radius 1 is 1.09 bits per heavy atom. The Morgan fingerprint density at radius 2 is 1.82 bits per heavy atom. The number of aliphatic hydroxyl groups excluding tert-OH is 2. The summed E-state index contributed by atoms with van der Waals surface area (Å²) in [5.74, 6) is -1.02. The highest BCUT2D eigenvalue weighted by molar-refractivity contribution is 6.00. The lowest BCUT2D eigenvalue weighted by Crippen LogP contribution is -2.51. The van der Waals surface area contributed by atoms with Crippen LogP contribution in [0, 0.1) is 5.82 Å². The maximum absolute atomic E-state index is 14.2. The normalized spacial score (nSPS) is 15.6. The molecule has 1 aliphatic rings. The Bertz CT molecular complexity index is 1500. The van der Waals surface area contributed by atoms with Crippen molar-refractivity contribution in [3.63, 3.8) is 0 Å². The van der Waals surface area contributed by atoms with E-state index in [1.165, 1.54) is 12.1 Å². The molecule has 0 saturated heterocycles. The summed E-state index contributed by atoms with van der Waals surface area (Å²) in [7, 11) is 1.56. The smallest absolute Gasteiger partial charge is 0.314 e. The topological polar surface area (TPSA) is 143 Å². The molecule has 45 heavy (non-hydrogen) atoms. The van der Waals surface area contributed by atoms with Gasteiger partial charge in [-0.1, -0.05) is 48.5 Å². The predicted molar refractivity (Wildman–Crippen MR) is 171 cm³/mol. The van der Waals surface area contributed by atoms with Crippen LogP contribution in [0.2, 0.25) is 0 Å². The van der Waals surface area contributed by atoms with Crippen molar-refractivity contribution in [2.45, 2.75) is 63.9 Å². The molecule has 1 heterocycles. The highest BCUT2D eigenvalue weighted by Gasteiger charge is 2.33. The summed E-state index contributed by atoms with van der Waals surface area (Å²) in [5.41, 5.74) is 4.32. The number of halogens is 1. The molecule has 0 saturated carbocycles. The number of anilines is 1. The standard InChI is InChI=1S/C34H42FN5O5/c1-34(2,38-19-27(42)21-41)17-31(43)39-29-14-12-24-16-26(35)13-15-30(24)40(32(29)44)20-22-8-10-23(11-9-22)28-7-5-4-6-25(28)18-37-33(45)36-3/h4-11,13,15-16,27,29,38,41-42H,12,14,17-21H2,1-3H3,(H,39,43)(H2,36,37,45)/t27-,29+/m0/s1. The second kappa shape index (κ2) is 15.1. The third kappa shape index (κ3) is 9.10. The van der Waals surface area contributed by atoms with Crippen molar-refractivity contribution in [2.24, 2.45) is 0 Å². The number of nitrogens with one attached hydrogen (secondary N) is 4. The van der Waals surface area contributed by atoms with Gasteiger partial charge < -0.3 is 36.4 Å². The number of amides is 4. The Morgan fingerprint density at radius 3 is 2.53 bits per heavy atom. The van der Waals surface area contributed by atoms with Crippen LogP contribution in [0.5, 0.6) is 0 Å². The number of nitrogens with zero attached hydrogens (tertiary/aromatic N) is 1. The fourth-order valence-corrected chi connectivity index (χ4v) is 5.40. The van der Waals surface area contributed by atoms with Crippen LogP contribution in [0.15, 0.2) is 66.7 Å². The molecule has 3 aromatic rings. The zero-order valence-corrected chi connectivity index (χ0v) is 25.9. The lowest BCUT2D eigenvalue weighted by Gasteiger charge is -2.29. The number of carbonyl (C=O) groups is 3. The number of hydrogen-bond donors (Lipinski definition) is 6. The summed E-state index contributed by atoms with van der Waals surface area (Å²) < 4.78 is 14.2. The van der Waals surface area contributed by atoms with Crippen molar-refractivity contribution in [2.75, 3.05) is 25.1 Å². The summed E-state index contributed by atoms with van der Waals surface area (Å²) in [6, 6.07) is 18.9. The number of urea groups is 1. The lowest BCUT2D eigenvalue weighted by molar-refractivity contribution is -0.128. The maximum Gasteiger partial charge on any atom is 0.314 e. The van der Waals surface area contributed by atoms with Crippen LogP contribution in [0.25, 0.3) is 11.1 Å². The average molecular weight is 620 g/mol. The first kappa shape index (κ1) is 33.6. The molecule has 3 aromatic carbocycles. The van der Waals surface area contributed by atoms with E-state index in [2.05, 4.69) is 21.3 Å². The number of fused-ring (bicyclic) bond motifs is 1. The molecule has 0 bridgehead atoms. The first-order valence-electron chi connectivity index (χ1n) is 15.1. The predicted octanol–water partition coefficient (Wildman–Crippen LogP) is 3.00. The lowest BCUT2D eigenvalue weighted by atomic mass is 9.98. The Balaban J connectivity index is 1.52. The molecule has 11 heteroatoms.